The standard InChI is InChI=1S/C39H32ClN5O4/c40-30-15-11-28(12-16-30)24-41-39(49)37-38(48)33-23-32(43-36(47)22-27-9-5-2-6-10-27)19-20-34(33)45(44-37)25-29-13-17-31(18-14-29)42-35(46)21-26-7-3-1-4-8-26/h1-20,23H,21-22,24-25H2,(H,41,49)(H,42,46)(H,43,47). The van der Waals surface area contributed by atoms with Gasteiger partial charge in [0.1, 0.15) is 0 Å². The molecule has 0 unspecified atom stereocenters. The van der Waals surface area contributed by atoms with Crippen molar-refractivity contribution in [1.29, 1.82) is 0 Å². The van der Waals surface area contributed by atoms with Gasteiger partial charge in [-0.05, 0) is 64.7 Å². The number of hydrogen-bond acceptors (Lipinski definition) is 5. The second kappa shape index (κ2) is 15.2. The summed E-state index contributed by atoms with van der Waals surface area (Å²) in [7, 11) is 0. The second-order valence-electron chi connectivity index (χ2n) is 11.5. The molecule has 3 amide bonds. The maximum Gasteiger partial charge on any atom is 0.276 e. The van der Waals surface area contributed by atoms with Crippen LogP contribution in [0.3, 0.4) is 0 Å². The maximum atomic E-state index is 13.7. The van der Waals surface area contributed by atoms with Gasteiger partial charge >= 0.3 is 0 Å². The van der Waals surface area contributed by atoms with Crippen molar-refractivity contribution in [2.24, 2.45) is 0 Å². The van der Waals surface area contributed by atoms with Crippen LogP contribution < -0.4 is 21.4 Å². The fraction of sp³-hybridized carbons (Fsp3) is 0.103. The van der Waals surface area contributed by atoms with Crippen molar-refractivity contribution in [2.75, 3.05) is 10.6 Å². The van der Waals surface area contributed by atoms with Gasteiger partial charge in [-0.15, -0.1) is 0 Å². The number of aromatic nitrogens is 2. The molecule has 49 heavy (non-hydrogen) atoms. The van der Waals surface area contributed by atoms with Gasteiger partial charge in [0.2, 0.25) is 17.2 Å². The quantitative estimate of drug-likeness (QED) is 0.148. The van der Waals surface area contributed by atoms with Gasteiger partial charge in [-0.2, -0.15) is 5.10 Å². The molecule has 0 fully saturated rings. The predicted octanol–water partition coefficient (Wildman–Crippen LogP) is 6.39. The molecule has 1 aromatic heterocycles. The lowest BCUT2D eigenvalue weighted by molar-refractivity contribution is -0.116. The first-order chi connectivity index (χ1) is 23.8. The molecule has 6 aromatic rings. The van der Waals surface area contributed by atoms with Crippen molar-refractivity contribution in [2.45, 2.75) is 25.9 Å². The van der Waals surface area contributed by atoms with Gasteiger partial charge in [-0.3, -0.25) is 23.9 Å². The van der Waals surface area contributed by atoms with Gasteiger partial charge in [0, 0.05) is 22.9 Å². The highest BCUT2D eigenvalue weighted by atomic mass is 35.5. The van der Waals surface area contributed by atoms with Crippen LogP contribution in [0, 0.1) is 0 Å². The molecule has 0 spiro atoms. The van der Waals surface area contributed by atoms with Crippen molar-refractivity contribution in [3.05, 3.63) is 171 Å². The molecule has 0 aliphatic heterocycles. The highest BCUT2D eigenvalue weighted by molar-refractivity contribution is 6.30. The summed E-state index contributed by atoms with van der Waals surface area (Å²) in [5.74, 6) is -1.00. The van der Waals surface area contributed by atoms with Gasteiger partial charge in [0.15, 0.2) is 5.69 Å². The number of fused-ring (bicyclic) bond motifs is 1. The van der Waals surface area contributed by atoms with Gasteiger partial charge in [0.05, 0.1) is 30.3 Å². The lowest BCUT2D eigenvalue weighted by Gasteiger charge is -2.14. The van der Waals surface area contributed by atoms with E-state index < -0.39 is 11.3 Å². The number of carbonyl (C=O) groups is 3. The normalized spacial score (nSPS) is 10.8. The van der Waals surface area contributed by atoms with Crippen LogP contribution in [0.1, 0.15) is 32.7 Å². The molecule has 0 atom stereocenters. The Morgan fingerprint density at radius 3 is 1.80 bits per heavy atom. The van der Waals surface area contributed by atoms with Gasteiger partial charge in [0.25, 0.3) is 5.91 Å². The molecule has 0 saturated carbocycles. The molecule has 9 nitrogen and oxygen atoms in total. The average molecular weight is 670 g/mol. The predicted molar refractivity (Wildman–Crippen MR) is 192 cm³/mol. The van der Waals surface area contributed by atoms with Crippen LogP contribution in [0.4, 0.5) is 11.4 Å². The Morgan fingerprint density at radius 1 is 0.633 bits per heavy atom. The number of hydrogen-bond donors (Lipinski definition) is 3. The number of nitrogens with one attached hydrogen (secondary N) is 3. The lowest BCUT2D eigenvalue weighted by Crippen LogP contribution is -2.32. The molecule has 10 heteroatoms. The molecule has 0 saturated heterocycles. The van der Waals surface area contributed by atoms with E-state index in [0.717, 1.165) is 22.3 Å². The number of anilines is 2. The first-order valence-electron chi connectivity index (χ1n) is 15.6. The summed E-state index contributed by atoms with van der Waals surface area (Å²) < 4.78 is 1.59. The number of halogens is 1. The fourth-order valence-electron chi connectivity index (χ4n) is 5.34. The third-order valence-electron chi connectivity index (χ3n) is 7.81. The highest BCUT2D eigenvalue weighted by Crippen LogP contribution is 2.20. The van der Waals surface area contributed by atoms with Crippen LogP contribution in [-0.2, 0) is 35.5 Å². The van der Waals surface area contributed by atoms with E-state index in [9.17, 15) is 19.2 Å². The zero-order chi connectivity index (χ0) is 34.2. The van der Waals surface area contributed by atoms with E-state index in [1.54, 1.807) is 59.3 Å². The first kappa shape index (κ1) is 32.9. The highest BCUT2D eigenvalue weighted by Gasteiger charge is 2.19. The second-order valence-corrected chi connectivity index (χ2v) is 11.9. The van der Waals surface area contributed by atoms with Crippen LogP contribution in [0.5, 0.6) is 0 Å². The van der Waals surface area contributed by atoms with E-state index in [1.165, 1.54) is 0 Å². The van der Waals surface area contributed by atoms with Crippen molar-refractivity contribution < 1.29 is 14.4 Å². The van der Waals surface area contributed by atoms with Crippen molar-refractivity contribution in [3.63, 3.8) is 0 Å². The van der Waals surface area contributed by atoms with E-state index in [4.69, 9.17) is 11.6 Å². The lowest BCUT2D eigenvalue weighted by atomic mass is 10.1. The summed E-state index contributed by atoms with van der Waals surface area (Å²) in [5.41, 5.74) is 4.11. The van der Waals surface area contributed by atoms with Gasteiger partial charge in [-0.1, -0.05) is 96.5 Å². The molecule has 0 aliphatic carbocycles. The number of benzene rings is 5. The number of rotatable bonds is 11. The van der Waals surface area contributed by atoms with Crippen molar-refractivity contribution >= 4 is 51.6 Å². The van der Waals surface area contributed by atoms with Crippen LogP contribution >= 0.6 is 11.6 Å². The Kier molecular flexibility index (Phi) is 10.2. The van der Waals surface area contributed by atoms with E-state index >= 15 is 0 Å². The molecule has 6 rings (SSSR count). The molecule has 1 heterocycles. The summed E-state index contributed by atoms with van der Waals surface area (Å²) in [6.07, 6.45) is 0.425. The van der Waals surface area contributed by atoms with Crippen LogP contribution in [0.15, 0.2) is 132 Å². The van der Waals surface area contributed by atoms with Crippen LogP contribution in [-0.4, -0.2) is 27.5 Å². The maximum absolute atomic E-state index is 13.7. The summed E-state index contributed by atoms with van der Waals surface area (Å²) in [6, 6.07) is 38.1. The molecular weight excluding hydrogens is 638 g/mol. The number of amides is 3. The third kappa shape index (κ3) is 8.65. The Labute approximate surface area is 287 Å². The minimum atomic E-state index is -0.634. The summed E-state index contributed by atoms with van der Waals surface area (Å²) >= 11 is 5.99. The van der Waals surface area contributed by atoms with E-state index in [2.05, 4.69) is 21.0 Å². The Morgan fingerprint density at radius 2 is 1.18 bits per heavy atom. The van der Waals surface area contributed by atoms with Crippen LogP contribution in [0.2, 0.25) is 5.02 Å². The molecule has 5 aromatic carbocycles. The Balaban J connectivity index is 1.25. The van der Waals surface area contributed by atoms with Crippen molar-refractivity contribution in [3.8, 4) is 0 Å². The summed E-state index contributed by atoms with van der Waals surface area (Å²) in [5, 5.41) is 13.9. The molecule has 0 aliphatic rings. The molecule has 244 valence electrons. The number of nitrogens with zero attached hydrogens (tertiary/aromatic N) is 2. The SMILES string of the molecule is O=C(Cc1ccccc1)Nc1ccc(Cn2nc(C(=O)NCc3ccc(Cl)cc3)c(=O)c3cc(NC(=O)Cc4ccccc4)ccc32)cc1. The van der Waals surface area contributed by atoms with E-state index in [1.807, 2.05) is 72.8 Å². The van der Waals surface area contributed by atoms with Gasteiger partial charge < -0.3 is 16.0 Å². The van der Waals surface area contributed by atoms with Crippen molar-refractivity contribution in [1.82, 2.24) is 15.1 Å². The molecule has 0 bridgehead atoms. The summed E-state index contributed by atoms with van der Waals surface area (Å²) in [6.45, 7) is 0.397. The third-order valence-corrected chi connectivity index (χ3v) is 8.06. The molecular formula is C39H32ClN5O4. The topological polar surface area (TPSA) is 122 Å². The minimum absolute atomic E-state index is 0.132. The monoisotopic (exact) mass is 669 g/mol. The van der Waals surface area contributed by atoms with Gasteiger partial charge in [-0.25, -0.2) is 0 Å². The largest absolute Gasteiger partial charge is 0.346 e. The van der Waals surface area contributed by atoms with E-state index in [0.29, 0.717) is 21.9 Å². The summed E-state index contributed by atoms with van der Waals surface area (Å²) in [4.78, 5) is 52.5. The molecule has 0 radical (unpaired) electrons. The van der Waals surface area contributed by atoms with Crippen LogP contribution in [0.25, 0.3) is 10.9 Å². The first-order valence-corrected chi connectivity index (χ1v) is 16.0. The Hall–Kier alpha value is -6.06. The number of carbonyl (C=O) groups excluding carboxylic acids is 3. The minimum Gasteiger partial charge on any atom is -0.346 e. The zero-order valence-corrected chi connectivity index (χ0v) is 27.1. The average Bonchev–Trinajstić information content (AvgIpc) is 3.10. The molecule has 3 N–H and O–H groups in total. The fourth-order valence-corrected chi connectivity index (χ4v) is 5.47. The van der Waals surface area contributed by atoms with E-state index in [-0.39, 0.29) is 48.8 Å². The zero-order valence-electron chi connectivity index (χ0n) is 26.4. The smallest absolute Gasteiger partial charge is 0.276 e. The Bertz CT molecular complexity index is 2170.